The summed E-state index contributed by atoms with van der Waals surface area (Å²) in [5.41, 5.74) is 2.98. The van der Waals surface area contributed by atoms with Gasteiger partial charge in [-0.3, -0.25) is 5.10 Å². The zero-order valence-corrected chi connectivity index (χ0v) is 13.9. The zero-order valence-electron chi connectivity index (χ0n) is 13.1. The van der Waals surface area contributed by atoms with E-state index in [2.05, 4.69) is 26.6 Å². The fourth-order valence-corrected chi connectivity index (χ4v) is 3.01. The fourth-order valence-electron chi connectivity index (χ4n) is 2.74. The number of hydrogen-bond acceptors (Lipinski definition) is 3. The number of nitrogens with one attached hydrogen (secondary N) is 2. The first-order chi connectivity index (χ1) is 11.7. The van der Waals surface area contributed by atoms with Crippen LogP contribution in [-0.2, 0) is 13.6 Å². The van der Waals surface area contributed by atoms with Gasteiger partial charge in [-0.05, 0) is 17.7 Å². The predicted octanol–water partition coefficient (Wildman–Crippen LogP) is 4.23. The number of rotatable bonds is 4. The summed E-state index contributed by atoms with van der Waals surface area (Å²) in [5.74, 6) is 1.74. The van der Waals surface area contributed by atoms with Crippen LogP contribution >= 0.6 is 11.6 Å². The second-order valence-corrected chi connectivity index (χ2v) is 6.03. The summed E-state index contributed by atoms with van der Waals surface area (Å²) >= 11 is 6.44. The van der Waals surface area contributed by atoms with E-state index < -0.39 is 0 Å². The molecule has 120 valence electrons. The average molecular weight is 338 g/mol. The van der Waals surface area contributed by atoms with Crippen molar-refractivity contribution >= 4 is 28.3 Å². The summed E-state index contributed by atoms with van der Waals surface area (Å²) in [7, 11) is 1.97. The lowest BCUT2D eigenvalue weighted by Gasteiger charge is -2.07. The van der Waals surface area contributed by atoms with Crippen molar-refractivity contribution in [2.45, 2.75) is 6.54 Å². The molecular weight excluding hydrogens is 322 g/mol. The first kappa shape index (κ1) is 14.8. The Morgan fingerprint density at radius 1 is 1.21 bits per heavy atom. The summed E-state index contributed by atoms with van der Waals surface area (Å²) < 4.78 is 1.98. The highest BCUT2D eigenvalue weighted by atomic mass is 35.5. The maximum atomic E-state index is 6.44. The van der Waals surface area contributed by atoms with Crippen LogP contribution in [0.3, 0.4) is 0 Å². The Morgan fingerprint density at radius 3 is 2.79 bits per heavy atom. The van der Waals surface area contributed by atoms with Crippen LogP contribution in [0.25, 0.3) is 22.0 Å². The highest BCUT2D eigenvalue weighted by Crippen LogP contribution is 2.34. The summed E-state index contributed by atoms with van der Waals surface area (Å²) in [5, 5.41) is 12.4. The van der Waals surface area contributed by atoms with Crippen molar-refractivity contribution in [1.29, 1.82) is 0 Å². The van der Waals surface area contributed by atoms with E-state index in [-0.39, 0.29) is 0 Å². The van der Waals surface area contributed by atoms with E-state index in [9.17, 15) is 0 Å². The summed E-state index contributed by atoms with van der Waals surface area (Å²) in [6, 6.07) is 14.1. The standard InChI is InChI=1S/C18H16ClN5/c1-24-8-7-20-17(24)11-21-18-14-9-13(12-5-3-2-4-6-12)15(19)10-16(14)22-23-18/h2-10H,11H2,1H3,(H2,21,22,23). The van der Waals surface area contributed by atoms with Crippen molar-refractivity contribution in [3.63, 3.8) is 0 Å². The lowest BCUT2D eigenvalue weighted by molar-refractivity contribution is 0.810. The zero-order chi connectivity index (χ0) is 16.5. The Morgan fingerprint density at radius 2 is 2.04 bits per heavy atom. The molecule has 0 spiro atoms. The van der Waals surface area contributed by atoms with Gasteiger partial charge in [0.15, 0.2) is 5.82 Å². The maximum Gasteiger partial charge on any atom is 0.156 e. The van der Waals surface area contributed by atoms with Crippen LogP contribution in [0.5, 0.6) is 0 Å². The quantitative estimate of drug-likeness (QED) is 0.586. The maximum absolute atomic E-state index is 6.44. The van der Waals surface area contributed by atoms with Gasteiger partial charge in [-0.25, -0.2) is 4.98 Å². The molecule has 0 aliphatic carbocycles. The highest BCUT2D eigenvalue weighted by molar-refractivity contribution is 6.34. The van der Waals surface area contributed by atoms with Gasteiger partial charge in [0.2, 0.25) is 0 Å². The van der Waals surface area contributed by atoms with E-state index in [1.807, 2.05) is 54.2 Å². The largest absolute Gasteiger partial charge is 0.361 e. The third-order valence-electron chi connectivity index (χ3n) is 4.07. The smallest absolute Gasteiger partial charge is 0.156 e. The SMILES string of the molecule is Cn1ccnc1CNc1n[nH]c2cc(Cl)c(-c3ccccc3)cc12. The summed E-state index contributed by atoms with van der Waals surface area (Å²) in [4.78, 5) is 4.32. The van der Waals surface area contributed by atoms with E-state index in [0.29, 0.717) is 11.6 Å². The Bertz CT molecular complexity index is 987. The predicted molar refractivity (Wildman–Crippen MR) is 97.1 cm³/mol. The van der Waals surface area contributed by atoms with Crippen molar-refractivity contribution in [3.05, 3.63) is 65.7 Å². The van der Waals surface area contributed by atoms with Crippen molar-refractivity contribution in [3.8, 4) is 11.1 Å². The van der Waals surface area contributed by atoms with Gasteiger partial charge in [-0.1, -0.05) is 41.9 Å². The van der Waals surface area contributed by atoms with Crippen LogP contribution in [0.15, 0.2) is 54.9 Å². The molecule has 0 aliphatic rings. The van der Waals surface area contributed by atoms with Crippen LogP contribution in [0.2, 0.25) is 5.02 Å². The Hall–Kier alpha value is -2.79. The van der Waals surface area contributed by atoms with Crippen LogP contribution in [-0.4, -0.2) is 19.7 Å². The minimum absolute atomic E-state index is 0.604. The van der Waals surface area contributed by atoms with Crippen LogP contribution < -0.4 is 5.32 Å². The molecule has 0 fully saturated rings. The summed E-state index contributed by atoms with van der Waals surface area (Å²) in [6.45, 7) is 0.604. The first-order valence-electron chi connectivity index (χ1n) is 7.65. The van der Waals surface area contributed by atoms with Gasteiger partial charge in [0.05, 0.1) is 17.1 Å². The lowest BCUT2D eigenvalue weighted by atomic mass is 10.0. The molecule has 0 amide bonds. The second-order valence-electron chi connectivity index (χ2n) is 5.62. The topological polar surface area (TPSA) is 58.5 Å². The average Bonchev–Trinajstić information content (AvgIpc) is 3.18. The molecule has 0 aliphatic heterocycles. The normalized spacial score (nSPS) is 11.1. The molecule has 0 saturated heterocycles. The lowest BCUT2D eigenvalue weighted by Crippen LogP contribution is -2.06. The van der Waals surface area contributed by atoms with Gasteiger partial charge in [0.25, 0.3) is 0 Å². The van der Waals surface area contributed by atoms with E-state index in [4.69, 9.17) is 11.6 Å². The number of H-pyrrole nitrogens is 1. The van der Waals surface area contributed by atoms with Crippen LogP contribution in [0.1, 0.15) is 5.82 Å². The molecule has 24 heavy (non-hydrogen) atoms. The number of aryl methyl sites for hydroxylation is 1. The molecule has 4 aromatic rings. The molecule has 0 radical (unpaired) electrons. The number of imidazole rings is 1. The van der Waals surface area contributed by atoms with Crippen molar-refractivity contribution < 1.29 is 0 Å². The molecule has 2 aromatic heterocycles. The van der Waals surface area contributed by atoms with Gasteiger partial charge in [-0.15, -0.1) is 0 Å². The van der Waals surface area contributed by atoms with Crippen LogP contribution in [0, 0.1) is 0 Å². The minimum atomic E-state index is 0.604. The Balaban J connectivity index is 1.71. The van der Waals surface area contributed by atoms with Crippen molar-refractivity contribution in [1.82, 2.24) is 19.7 Å². The minimum Gasteiger partial charge on any atom is -0.361 e. The van der Waals surface area contributed by atoms with E-state index in [1.54, 1.807) is 6.20 Å². The van der Waals surface area contributed by atoms with Crippen LogP contribution in [0.4, 0.5) is 5.82 Å². The molecule has 2 N–H and O–H groups in total. The van der Waals surface area contributed by atoms with Crippen molar-refractivity contribution in [2.24, 2.45) is 7.05 Å². The molecule has 0 unspecified atom stereocenters. The highest BCUT2D eigenvalue weighted by Gasteiger charge is 2.11. The van der Waals surface area contributed by atoms with Gasteiger partial charge in [0.1, 0.15) is 5.82 Å². The number of halogens is 1. The number of benzene rings is 2. The molecule has 0 bridgehead atoms. The molecule has 6 heteroatoms. The Labute approximate surface area is 144 Å². The number of anilines is 1. The van der Waals surface area contributed by atoms with E-state index >= 15 is 0 Å². The third-order valence-corrected chi connectivity index (χ3v) is 4.38. The molecule has 2 heterocycles. The van der Waals surface area contributed by atoms with Gasteiger partial charge in [-0.2, -0.15) is 5.10 Å². The first-order valence-corrected chi connectivity index (χ1v) is 8.03. The molecule has 0 atom stereocenters. The van der Waals surface area contributed by atoms with E-state index in [0.717, 1.165) is 33.7 Å². The number of fused-ring (bicyclic) bond motifs is 1. The number of hydrogen-bond donors (Lipinski definition) is 2. The Kier molecular flexibility index (Phi) is 3.70. The molecular formula is C18H16ClN5. The molecule has 0 saturated carbocycles. The fraction of sp³-hybridized carbons (Fsp3) is 0.111. The van der Waals surface area contributed by atoms with Gasteiger partial charge < -0.3 is 9.88 Å². The molecule has 4 rings (SSSR count). The molecule has 5 nitrogen and oxygen atoms in total. The summed E-state index contributed by atoms with van der Waals surface area (Å²) in [6.07, 6.45) is 3.71. The van der Waals surface area contributed by atoms with E-state index in [1.165, 1.54) is 0 Å². The van der Waals surface area contributed by atoms with Gasteiger partial charge in [0, 0.05) is 30.4 Å². The number of aromatic amines is 1. The molecule has 2 aromatic carbocycles. The van der Waals surface area contributed by atoms with Crippen molar-refractivity contribution in [2.75, 3.05) is 5.32 Å². The second kappa shape index (κ2) is 6.02. The number of aromatic nitrogens is 4. The third kappa shape index (κ3) is 2.63. The van der Waals surface area contributed by atoms with Gasteiger partial charge >= 0.3 is 0 Å². The monoisotopic (exact) mass is 337 g/mol. The number of nitrogens with zero attached hydrogens (tertiary/aromatic N) is 3.